The molecule has 4 rings (SSSR count). The summed E-state index contributed by atoms with van der Waals surface area (Å²) in [6.07, 6.45) is -5.12. The van der Waals surface area contributed by atoms with Crippen molar-refractivity contribution in [3.8, 4) is 11.5 Å². The lowest BCUT2D eigenvalue weighted by Gasteiger charge is -2.46. The van der Waals surface area contributed by atoms with Crippen molar-refractivity contribution in [1.82, 2.24) is 15.1 Å². The zero-order valence-electron chi connectivity index (χ0n) is 19.1. The molecule has 1 unspecified atom stereocenters. The lowest BCUT2D eigenvalue weighted by atomic mass is 10.0. The quantitative estimate of drug-likeness (QED) is 0.595. The molecule has 2 aromatic carbocycles. The Balaban J connectivity index is 1.53. The summed E-state index contributed by atoms with van der Waals surface area (Å²) in [6.45, 7) is 2.05. The minimum Gasteiger partial charge on any atom is -0.463 e. The van der Waals surface area contributed by atoms with E-state index in [9.17, 15) is 22.8 Å². The van der Waals surface area contributed by atoms with Gasteiger partial charge in [-0.15, -0.1) is 0 Å². The maximum atomic E-state index is 14.6. The SMILES string of the molecule is CCOC(=O)C(NC(=O)c1ccccc1)(N1CCN(Cc2ccc3c(c2)OCO3)CC1)C(F)(F)F. The number of nitrogens with zero attached hydrogens (tertiary/aromatic N) is 2. The third-order valence-electron chi connectivity index (χ3n) is 6.00. The van der Waals surface area contributed by atoms with Crippen LogP contribution in [0.15, 0.2) is 48.5 Å². The predicted molar refractivity (Wildman–Crippen MR) is 119 cm³/mol. The average Bonchev–Trinajstić information content (AvgIpc) is 3.31. The summed E-state index contributed by atoms with van der Waals surface area (Å²) in [5.41, 5.74) is -2.37. The van der Waals surface area contributed by atoms with Gasteiger partial charge in [-0.1, -0.05) is 24.3 Å². The lowest BCUT2D eigenvalue weighted by Crippen LogP contribution is -2.75. The van der Waals surface area contributed by atoms with Gasteiger partial charge in [0, 0.05) is 38.3 Å². The first kappa shape index (κ1) is 24.8. The number of carbonyl (C=O) groups excluding carboxylic acids is 2. The van der Waals surface area contributed by atoms with Gasteiger partial charge in [-0.3, -0.25) is 14.6 Å². The van der Waals surface area contributed by atoms with Crippen molar-refractivity contribution in [3.05, 3.63) is 59.7 Å². The van der Waals surface area contributed by atoms with Gasteiger partial charge in [-0.25, -0.2) is 4.79 Å². The van der Waals surface area contributed by atoms with Crippen molar-refractivity contribution < 1.29 is 37.0 Å². The maximum Gasteiger partial charge on any atom is 0.436 e. The lowest BCUT2D eigenvalue weighted by molar-refractivity contribution is -0.250. The Hall–Kier alpha value is -3.31. The molecule has 0 saturated carbocycles. The number of amides is 1. The topological polar surface area (TPSA) is 80.3 Å². The zero-order chi connectivity index (χ0) is 25.1. The van der Waals surface area contributed by atoms with E-state index in [1.807, 2.05) is 22.3 Å². The van der Waals surface area contributed by atoms with Gasteiger partial charge in [0.1, 0.15) is 0 Å². The van der Waals surface area contributed by atoms with Gasteiger partial charge in [-0.2, -0.15) is 13.2 Å². The molecule has 1 fully saturated rings. The Kier molecular flexibility index (Phi) is 7.18. The molecule has 2 heterocycles. The zero-order valence-corrected chi connectivity index (χ0v) is 19.1. The summed E-state index contributed by atoms with van der Waals surface area (Å²) < 4.78 is 59.3. The molecule has 1 atom stereocenters. The number of ether oxygens (including phenoxy) is 3. The fraction of sp³-hybridized carbons (Fsp3) is 0.417. The largest absolute Gasteiger partial charge is 0.463 e. The summed E-state index contributed by atoms with van der Waals surface area (Å²) in [6, 6.07) is 13.0. The van der Waals surface area contributed by atoms with Crippen LogP contribution in [0.4, 0.5) is 13.2 Å². The Morgan fingerprint density at radius 3 is 2.34 bits per heavy atom. The van der Waals surface area contributed by atoms with Crippen LogP contribution < -0.4 is 14.8 Å². The highest BCUT2D eigenvalue weighted by molar-refractivity contribution is 5.98. The monoisotopic (exact) mass is 493 g/mol. The van der Waals surface area contributed by atoms with Gasteiger partial charge in [0.2, 0.25) is 6.79 Å². The number of hydrogen-bond donors (Lipinski definition) is 1. The van der Waals surface area contributed by atoms with Crippen molar-refractivity contribution in [2.45, 2.75) is 25.3 Å². The summed E-state index contributed by atoms with van der Waals surface area (Å²) in [4.78, 5) is 28.5. The van der Waals surface area contributed by atoms with E-state index in [0.29, 0.717) is 18.0 Å². The van der Waals surface area contributed by atoms with E-state index in [0.717, 1.165) is 10.5 Å². The summed E-state index contributed by atoms with van der Waals surface area (Å²) in [5.74, 6) is -1.29. The third kappa shape index (κ3) is 5.06. The first-order valence-corrected chi connectivity index (χ1v) is 11.2. The first-order valence-electron chi connectivity index (χ1n) is 11.2. The van der Waals surface area contributed by atoms with E-state index in [1.165, 1.54) is 31.2 Å². The highest BCUT2D eigenvalue weighted by Gasteiger charge is 2.66. The molecule has 2 aliphatic heterocycles. The minimum atomic E-state index is -5.12. The third-order valence-corrected chi connectivity index (χ3v) is 6.00. The molecular formula is C24H26F3N3O5. The van der Waals surface area contributed by atoms with E-state index in [-0.39, 0.29) is 45.1 Å². The van der Waals surface area contributed by atoms with Crippen LogP contribution in [-0.4, -0.2) is 73.1 Å². The van der Waals surface area contributed by atoms with E-state index >= 15 is 0 Å². The fourth-order valence-electron chi connectivity index (χ4n) is 4.23. The van der Waals surface area contributed by atoms with E-state index in [4.69, 9.17) is 14.2 Å². The van der Waals surface area contributed by atoms with Crippen LogP contribution in [0.2, 0.25) is 0 Å². The van der Waals surface area contributed by atoms with Crippen LogP contribution in [0.1, 0.15) is 22.8 Å². The Bertz CT molecular complexity index is 1060. The molecule has 1 N–H and O–H groups in total. The molecule has 0 spiro atoms. The van der Waals surface area contributed by atoms with E-state index in [1.54, 1.807) is 12.1 Å². The fourth-order valence-corrected chi connectivity index (χ4v) is 4.23. The smallest absolute Gasteiger partial charge is 0.436 e. The van der Waals surface area contributed by atoms with E-state index in [2.05, 4.69) is 0 Å². The number of piperazine rings is 1. The van der Waals surface area contributed by atoms with Crippen molar-refractivity contribution >= 4 is 11.9 Å². The maximum absolute atomic E-state index is 14.6. The molecule has 0 radical (unpaired) electrons. The molecule has 0 aromatic heterocycles. The first-order chi connectivity index (χ1) is 16.7. The number of hydrogen-bond acceptors (Lipinski definition) is 7. The van der Waals surface area contributed by atoms with Crippen LogP contribution in [0.3, 0.4) is 0 Å². The number of fused-ring (bicyclic) bond motifs is 1. The molecular weight excluding hydrogens is 467 g/mol. The van der Waals surface area contributed by atoms with Gasteiger partial charge in [0.25, 0.3) is 11.6 Å². The van der Waals surface area contributed by atoms with Crippen molar-refractivity contribution in [2.75, 3.05) is 39.6 Å². The number of nitrogens with one attached hydrogen (secondary N) is 1. The number of rotatable bonds is 7. The highest BCUT2D eigenvalue weighted by atomic mass is 19.4. The molecule has 8 nitrogen and oxygen atoms in total. The second-order valence-corrected chi connectivity index (χ2v) is 8.20. The average molecular weight is 493 g/mol. The molecule has 1 amide bonds. The summed E-state index contributed by atoms with van der Waals surface area (Å²) >= 11 is 0. The minimum absolute atomic E-state index is 0.00636. The number of carbonyl (C=O) groups is 2. The van der Waals surface area contributed by atoms with Crippen LogP contribution >= 0.6 is 0 Å². The second kappa shape index (κ2) is 10.1. The van der Waals surface area contributed by atoms with Crippen LogP contribution in [-0.2, 0) is 16.1 Å². The molecule has 2 aromatic rings. The predicted octanol–water partition coefficient (Wildman–Crippen LogP) is 2.78. The number of benzene rings is 2. The molecule has 11 heteroatoms. The number of alkyl halides is 3. The van der Waals surface area contributed by atoms with Gasteiger partial charge >= 0.3 is 12.1 Å². The Labute approximate surface area is 200 Å². The van der Waals surface area contributed by atoms with Gasteiger partial charge < -0.3 is 19.5 Å². The van der Waals surface area contributed by atoms with E-state index < -0.39 is 23.7 Å². The van der Waals surface area contributed by atoms with Crippen LogP contribution in [0, 0.1) is 0 Å². The molecule has 1 saturated heterocycles. The van der Waals surface area contributed by atoms with Gasteiger partial charge in [0.05, 0.1) is 6.61 Å². The highest BCUT2D eigenvalue weighted by Crippen LogP contribution is 2.37. The Morgan fingerprint density at radius 2 is 1.69 bits per heavy atom. The molecule has 0 bridgehead atoms. The number of halogens is 3. The number of esters is 1. The molecule has 0 aliphatic carbocycles. The van der Waals surface area contributed by atoms with Gasteiger partial charge in [-0.05, 0) is 36.8 Å². The molecule has 2 aliphatic rings. The molecule has 188 valence electrons. The summed E-state index contributed by atoms with van der Waals surface area (Å²) in [7, 11) is 0. The molecule has 35 heavy (non-hydrogen) atoms. The standard InChI is InChI=1S/C24H26F3N3O5/c1-2-33-22(32)23(24(25,26)27,28-21(31)18-6-4-3-5-7-18)30-12-10-29(11-13-30)15-17-8-9-19-20(14-17)35-16-34-19/h3-9,14H,2,10-13,15-16H2,1H3,(H,28,31). The van der Waals surface area contributed by atoms with Crippen molar-refractivity contribution in [1.29, 1.82) is 0 Å². The van der Waals surface area contributed by atoms with Crippen molar-refractivity contribution in [2.24, 2.45) is 0 Å². The Morgan fingerprint density at radius 1 is 1.00 bits per heavy atom. The summed E-state index contributed by atoms with van der Waals surface area (Å²) in [5, 5.41) is 1.97. The van der Waals surface area contributed by atoms with Crippen LogP contribution in [0.25, 0.3) is 0 Å². The van der Waals surface area contributed by atoms with Gasteiger partial charge in [0.15, 0.2) is 11.5 Å². The second-order valence-electron chi connectivity index (χ2n) is 8.20. The van der Waals surface area contributed by atoms with Crippen LogP contribution in [0.5, 0.6) is 11.5 Å². The van der Waals surface area contributed by atoms with Crippen molar-refractivity contribution in [3.63, 3.8) is 0 Å². The normalized spacial score (nSPS) is 18.1.